The summed E-state index contributed by atoms with van der Waals surface area (Å²) < 4.78 is 13.1. The van der Waals surface area contributed by atoms with Crippen LogP contribution in [0.2, 0.25) is 5.02 Å². The van der Waals surface area contributed by atoms with Crippen LogP contribution in [0.1, 0.15) is 18.9 Å². The van der Waals surface area contributed by atoms with Gasteiger partial charge >= 0.3 is 0 Å². The molecule has 0 aliphatic carbocycles. The van der Waals surface area contributed by atoms with Gasteiger partial charge in [0, 0.05) is 24.2 Å². The van der Waals surface area contributed by atoms with E-state index in [1.165, 1.54) is 12.1 Å². The van der Waals surface area contributed by atoms with Crippen molar-refractivity contribution in [2.75, 3.05) is 13.1 Å². The van der Waals surface area contributed by atoms with Crippen molar-refractivity contribution in [1.82, 2.24) is 4.90 Å². The molecule has 1 heterocycles. The minimum Gasteiger partial charge on any atom is -0.326 e. The van der Waals surface area contributed by atoms with Gasteiger partial charge in [0.2, 0.25) is 0 Å². The number of nitrogens with two attached hydrogens (primary N) is 1. The lowest BCUT2D eigenvalue weighted by Gasteiger charge is -2.35. The Morgan fingerprint density at radius 2 is 2.29 bits per heavy atom. The van der Waals surface area contributed by atoms with Crippen molar-refractivity contribution < 1.29 is 4.39 Å². The summed E-state index contributed by atoms with van der Waals surface area (Å²) in [5.41, 5.74) is 6.88. The van der Waals surface area contributed by atoms with Crippen LogP contribution < -0.4 is 5.73 Å². The van der Waals surface area contributed by atoms with Gasteiger partial charge in [-0.3, -0.25) is 4.90 Å². The third-order valence-electron chi connectivity index (χ3n) is 3.50. The fourth-order valence-corrected chi connectivity index (χ4v) is 2.40. The molecule has 2 N–H and O–H groups in total. The van der Waals surface area contributed by atoms with E-state index in [1.54, 1.807) is 6.07 Å². The summed E-state index contributed by atoms with van der Waals surface area (Å²) in [6.45, 7) is 4.71. The van der Waals surface area contributed by atoms with E-state index in [-0.39, 0.29) is 11.9 Å². The molecule has 2 rings (SSSR count). The zero-order chi connectivity index (χ0) is 12.4. The summed E-state index contributed by atoms with van der Waals surface area (Å²) in [5.74, 6) is 0.327. The maximum absolute atomic E-state index is 13.1. The Bertz CT molecular complexity index is 397. The zero-order valence-electron chi connectivity index (χ0n) is 10.00. The molecule has 1 saturated heterocycles. The number of rotatable bonds is 2. The summed E-state index contributed by atoms with van der Waals surface area (Å²) in [6.07, 6.45) is 1.09. The van der Waals surface area contributed by atoms with Crippen molar-refractivity contribution in [3.63, 3.8) is 0 Å². The summed E-state index contributed by atoms with van der Waals surface area (Å²) in [6, 6.07) is 4.71. The summed E-state index contributed by atoms with van der Waals surface area (Å²) in [5, 5.41) is 0.624. The molecule has 0 spiro atoms. The van der Waals surface area contributed by atoms with Crippen LogP contribution in [0.3, 0.4) is 0 Å². The van der Waals surface area contributed by atoms with E-state index in [0.29, 0.717) is 17.5 Å². The van der Waals surface area contributed by atoms with Gasteiger partial charge in [-0.1, -0.05) is 18.5 Å². The topological polar surface area (TPSA) is 29.3 Å². The van der Waals surface area contributed by atoms with Gasteiger partial charge in [-0.25, -0.2) is 4.39 Å². The smallest absolute Gasteiger partial charge is 0.123 e. The first-order valence-electron chi connectivity index (χ1n) is 5.98. The summed E-state index contributed by atoms with van der Waals surface area (Å²) in [7, 11) is 0. The van der Waals surface area contributed by atoms with Crippen LogP contribution in [0.5, 0.6) is 0 Å². The largest absolute Gasteiger partial charge is 0.326 e. The lowest BCUT2D eigenvalue weighted by Crippen LogP contribution is -2.47. The van der Waals surface area contributed by atoms with Crippen molar-refractivity contribution in [2.24, 2.45) is 11.7 Å². The Morgan fingerprint density at radius 1 is 1.53 bits per heavy atom. The van der Waals surface area contributed by atoms with Crippen LogP contribution >= 0.6 is 11.6 Å². The second-order valence-corrected chi connectivity index (χ2v) is 5.31. The number of halogens is 2. The third kappa shape index (κ3) is 3.18. The van der Waals surface area contributed by atoms with Crippen molar-refractivity contribution in [2.45, 2.75) is 25.9 Å². The van der Waals surface area contributed by atoms with Crippen molar-refractivity contribution in [3.05, 3.63) is 34.6 Å². The van der Waals surface area contributed by atoms with Gasteiger partial charge in [0.15, 0.2) is 0 Å². The van der Waals surface area contributed by atoms with E-state index in [4.69, 9.17) is 17.3 Å². The highest BCUT2D eigenvalue weighted by Gasteiger charge is 2.23. The minimum atomic E-state index is -0.237. The van der Waals surface area contributed by atoms with E-state index < -0.39 is 0 Å². The number of likely N-dealkylation sites (tertiary alicyclic amines) is 1. The second kappa shape index (κ2) is 5.34. The molecule has 0 bridgehead atoms. The van der Waals surface area contributed by atoms with Gasteiger partial charge in [0.25, 0.3) is 0 Å². The Balaban J connectivity index is 2.03. The second-order valence-electron chi connectivity index (χ2n) is 4.90. The minimum absolute atomic E-state index is 0.205. The lowest BCUT2D eigenvalue weighted by molar-refractivity contribution is 0.162. The monoisotopic (exact) mass is 256 g/mol. The number of hydrogen-bond acceptors (Lipinski definition) is 2. The molecule has 1 fully saturated rings. The van der Waals surface area contributed by atoms with Crippen molar-refractivity contribution in [1.29, 1.82) is 0 Å². The van der Waals surface area contributed by atoms with E-state index in [0.717, 1.165) is 25.1 Å². The molecule has 0 saturated carbocycles. The Morgan fingerprint density at radius 3 is 3.00 bits per heavy atom. The number of nitrogens with zero attached hydrogens (tertiary/aromatic N) is 1. The Hall–Kier alpha value is -0.640. The molecule has 1 aliphatic heterocycles. The molecule has 1 aromatic carbocycles. The van der Waals surface area contributed by atoms with E-state index in [9.17, 15) is 4.39 Å². The van der Waals surface area contributed by atoms with Gasteiger partial charge in [0.1, 0.15) is 5.82 Å². The third-order valence-corrected chi connectivity index (χ3v) is 3.87. The number of piperidine rings is 1. The van der Waals surface area contributed by atoms with Crippen molar-refractivity contribution in [3.8, 4) is 0 Å². The molecular formula is C13H18ClFN2. The van der Waals surface area contributed by atoms with E-state index in [1.807, 2.05) is 0 Å². The summed E-state index contributed by atoms with van der Waals surface area (Å²) >= 11 is 6.06. The standard InChI is InChI=1S/C13H18ClFN2/c1-9-4-5-17(8-13(9)16)7-10-6-11(15)2-3-12(10)14/h2-3,6,9,13H,4-5,7-8,16H2,1H3. The summed E-state index contributed by atoms with van der Waals surface area (Å²) in [4.78, 5) is 2.24. The first-order chi connectivity index (χ1) is 8.06. The zero-order valence-corrected chi connectivity index (χ0v) is 10.8. The molecule has 2 nitrogen and oxygen atoms in total. The highest BCUT2D eigenvalue weighted by molar-refractivity contribution is 6.31. The number of hydrogen-bond donors (Lipinski definition) is 1. The molecule has 0 radical (unpaired) electrons. The van der Waals surface area contributed by atoms with Crippen LogP contribution in [0.15, 0.2) is 18.2 Å². The molecule has 4 heteroatoms. The first-order valence-corrected chi connectivity index (χ1v) is 6.36. The fourth-order valence-electron chi connectivity index (χ4n) is 2.22. The van der Waals surface area contributed by atoms with Gasteiger partial charge in [-0.2, -0.15) is 0 Å². The molecule has 0 amide bonds. The SMILES string of the molecule is CC1CCN(Cc2cc(F)ccc2Cl)CC1N. The average molecular weight is 257 g/mol. The van der Waals surface area contributed by atoms with Crippen LogP contribution in [0.25, 0.3) is 0 Å². The molecule has 1 aromatic rings. The molecule has 2 unspecified atom stereocenters. The van der Waals surface area contributed by atoms with Gasteiger partial charge in [0.05, 0.1) is 0 Å². The molecule has 0 aromatic heterocycles. The molecule has 17 heavy (non-hydrogen) atoms. The maximum Gasteiger partial charge on any atom is 0.123 e. The quantitative estimate of drug-likeness (QED) is 0.882. The normalized spacial score (nSPS) is 26.1. The van der Waals surface area contributed by atoms with Gasteiger partial charge < -0.3 is 5.73 Å². The Labute approximate surface area is 107 Å². The van der Waals surface area contributed by atoms with E-state index >= 15 is 0 Å². The lowest BCUT2D eigenvalue weighted by atomic mass is 9.94. The van der Waals surface area contributed by atoms with Gasteiger partial charge in [-0.05, 0) is 42.6 Å². The molecule has 1 aliphatic rings. The maximum atomic E-state index is 13.1. The first kappa shape index (κ1) is 12.8. The van der Waals surface area contributed by atoms with Crippen LogP contribution in [-0.2, 0) is 6.54 Å². The van der Waals surface area contributed by atoms with E-state index in [2.05, 4.69) is 11.8 Å². The van der Waals surface area contributed by atoms with Crippen molar-refractivity contribution >= 4 is 11.6 Å². The highest BCUT2D eigenvalue weighted by Crippen LogP contribution is 2.22. The fraction of sp³-hybridized carbons (Fsp3) is 0.538. The predicted molar refractivity (Wildman–Crippen MR) is 68.4 cm³/mol. The molecular weight excluding hydrogens is 239 g/mol. The van der Waals surface area contributed by atoms with Crippen LogP contribution in [-0.4, -0.2) is 24.0 Å². The highest BCUT2D eigenvalue weighted by atomic mass is 35.5. The van der Waals surface area contributed by atoms with Crippen LogP contribution in [0, 0.1) is 11.7 Å². The number of benzene rings is 1. The van der Waals surface area contributed by atoms with Gasteiger partial charge in [-0.15, -0.1) is 0 Å². The predicted octanol–water partition coefficient (Wildman–Crippen LogP) is 2.65. The Kier molecular flexibility index (Phi) is 4.02. The van der Waals surface area contributed by atoms with Crippen LogP contribution in [0.4, 0.5) is 4.39 Å². The average Bonchev–Trinajstić information content (AvgIpc) is 2.29. The molecule has 2 atom stereocenters. The molecule has 94 valence electrons.